The molecule has 0 spiro atoms. The minimum atomic E-state index is 0.765. The van der Waals surface area contributed by atoms with Crippen molar-refractivity contribution in [3.63, 3.8) is 0 Å². The molecule has 1 aromatic heterocycles. The van der Waals surface area contributed by atoms with Gasteiger partial charge < -0.3 is 10.2 Å². The Hall–Kier alpha value is -2.62. The first-order valence-corrected chi connectivity index (χ1v) is 8.61. The summed E-state index contributed by atoms with van der Waals surface area (Å²) in [4.78, 5) is 11.9. The Labute approximate surface area is 142 Å². The fraction of sp³-hybridized carbons (Fsp3) is 0.300. The number of hydrogen-bond acceptors (Lipinski definition) is 4. The van der Waals surface area contributed by atoms with E-state index in [0.717, 1.165) is 42.3 Å². The lowest BCUT2D eigenvalue weighted by Crippen LogP contribution is -2.21. The Bertz CT molecular complexity index is 836. The molecular weight excluding hydrogens is 296 g/mol. The maximum atomic E-state index is 4.82. The van der Waals surface area contributed by atoms with E-state index in [9.17, 15) is 0 Å². The van der Waals surface area contributed by atoms with Gasteiger partial charge in [-0.3, -0.25) is 0 Å². The van der Waals surface area contributed by atoms with E-state index in [-0.39, 0.29) is 0 Å². The van der Waals surface area contributed by atoms with Crippen molar-refractivity contribution in [2.45, 2.75) is 26.3 Å². The Morgan fingerprint density at radius 3 is 2.50 bits per heavy atom. The van der Waals surface area contributed by atoms with E-state index >= 15 is 0 Å². The van der Waals surface area contributed by atoms with Crippen LogP contribution in [0.1, 0.15) is 24.0 Å². The molecule has 1 N–H and O–H groups in total. The molecule has 4 heteroatoms. The van der Waals surface area contributed by atoms with Crippen molar-refractivity contribution in [3.8, 4) is 0 Å². The molecule has 24 heavy (non-hydrogen) atoms. The third-order valence-electron chi connectivity index (χ3n) is 4.56. The molecule has 1 saturated heterocycles. The van der Waals surface area contributed by atoms with Crippen molar-refractivity contribution in [2.75, 3.05) is 23.3 Å². The first-order valence-electron chi connectivity index (χ1n) is 8.61. The van der Waals surface area contributed by atoms with Crippen LogP contribution in [0.3, 0.4) is 0 Å². The minimum absolute atomic E-state index is 0.765. The average molecular weight is 318 g/mol. The van der Waals surface area contributed by atoms with Crippen molar-refractivity contribution >= 4 is 22.7 Å². The number of benzene rings is 2. The lowest BCUT2D eigenvalue weighted by Gasteiger charge is -2.18. The van der Waals surface area contributed by atoms with Crippen LogP contribution in [0.4, 0.5) is 11.8 Å². The van der Waals surface area contributed by atoms with Crippen molar-refractivity contribution in [1.82, 2.24) is 9.97 Å². The summed E-state index contributed by atoms with van der Waals surface area (Å²) in [5, 5.41) is 4.59. The minimum Gasteiger partial charge on any atom is -0.365 e. The number of anilines is 2. The summed E-state index contributed by atoms with van der Waals surface area (Å²) in [5.41, 5.74) is 3.54. The first kappa shape index (κ1) is 14.9. The van der Waals surface area contributed by atoms with Crippen LogP contribution >= 0.6 is 0 Å². The lowest BCUT2D eigenvalue weighted by atomic mass is 10.1. The molecule has 0 atom stereocenters. The van der Waals surface area contributed by atoms with Gasteiger partial charge in [-0.1, -0.05) is 42.0 Å². The van der Waals surface area contributed by atoms with Gasteiger partial charge in [-0.2, -0.15) is 4.98 Å². The van der Waals surface area contributed by atoms with Crippen molar-refractivity contribution in [2.24, 2.45) is 0 Å². The SMILES string of the molecule is Cc1ccc(CNc2nc(N3CCCC3)nc3ccccc23)cc1. The molecule has 2 heterocycles. The van der Waals surface area contributed by atoms with Crippen molar-refractivity contribution in [1.29, 1.82) is 0 Å². The van der Waals surface area contributed by atoms with E-state index in [1.54, 1.807) is 0 Å². The number of nitrogens with zero attached hydrogens (tertiary/aromatic N) is 3. The summed E-state index contributed by atoms with van der Waals surface area (Å²) >= 11 is 0. The van der Waals surface area contributed by atoms with E-state index in [1.807, 2.05) is 12.1 Å². The number of fused-ring (bicyclic) bond motifs is 1. The summed E-state index contributed by atoms with van der Waals surface area (Å²) < 4.78 is 0. The molecule has 3 aromatic rings. The van der Waals surface area contributed by atoms with Crippen LogP contribution in [0, 0.1) is 6.92 Å². The molecule has 122 valence electrons. The van der Waals surface area contributed by atoms with Crippen LogP contribution in [0.2, 0.25) is 0 Å². The molecule has 1 aliphatic rings. The number of nitrogens with one attached hydrogen (secondary N) is 1. The van der Waals surface area contributed by atoms with Crippen LogP contribution in [0.15, 0.2) is 48.5 Å². The standard InChI is InChI=1S/C20H22N4/c1-15-8-10-16(11-9-15)14-21-19-17-6-2-3-7-18(17)22-20(23-19)24-12-4-5-13-24/h2-3,6-11H,4-5,12-14H2,1H3,(H,21,22,23). The predicted octanol–water partition coefficient (Wildman–Crippen LogP) is 4.15. The molecule has 0 amide bonds. The van der Waals surface area contributed by atoms with Crippen molar-refractivity contribution in [3.05, 3.63) is 59.7 Å². The van der Waals surface area contributed by atoms with Gasteiger partial charge in [0.2, 0.25) is 5.95 Å². The molecule has 4 nitrogen and oxygen atoms in total. The summed E-state index contributed by atoms with van der Waals surface area (Å²) in [6.07, 6.45) is 2.45. The first-order chi connectivity index (χ1) is 11.8. The number of aromatic nitrogens is 2. The highest BCUT2D eigenvalue weighted by Gasteiger charge is 2.17. The average Bonchev–Trinajstić information content (AvgIpc) is 3.15. The van der Waals surface area contributed by atoms with Gasteiger partial charge in [-0.15, -0.1) is 0 Å². The second-order valence-electron chi connectivity index (χ2n) is 6.42. The van der Waals surface area contributed by atoms with Gasteiger partial charge in [0, 0.05) is 25.0 Å². The molecular formula is C20H22N4. The Balaban J connectivity index is 1.65. The summed E-state index contributed by atoms with van der Waals surface area (Å²) in [6, 6.07) is 16.8. The molecule has 4 rings (SSSR count). The molecule has 0 saturated carbocycles. The fourth-order valence-corrected chi connectivity index (χ4v) is 3.15. The Morgan fingerprint density at radius 2 is 1.71 bits per heavy atom. The van der Waals surface area contributed by atoms with E-state index < -0.39 is 0 Å². The van der Waals surface area contributed by atoms with E-state index in [4.69, 9.17) is 9.97 Å². The molecule has 1 fully saturated rings. The highest BCUT2D eigenvalue weighted by atomic mass is 15.3. The van der Waals surface area contributed by atoms with Crippen LogP contribution < -0.4 is 10.2 Å². The Morgan fingerprint density at radius 1 is 0.958 bits per heavy atom. The van der Waals surface area contributed by atoms with Gasteiger partial charge in [0.15, 0.2) is 0 Å². The third-order valence-corrected chi connectivity index (χ3v) is 4.56. The third kappa shape index (κ3) is 3.04. The van der Waals surface area contributed by atoms with Crippen LogP contribution in [0.25, 0.3) is 10.9 Å². The van der Waals surface area contributed by atoms with E-state index in [0.29, 0.717) is 0 Å². The van der Waals surface area contributed by atoms with Crippen LogP contribution in [-0.4, -0.2) is 23.1 Å². The van der Waals surface area contributed by atoms with Crippen LogP contribution in [-0.2, 0) is 6.54 Å². The van der Waals surface area contributed by atoms with Gasteiger partial charge in [-0.05, 0) is 37.5 Å². The lowest BCUT2D eigenvalue weighted by molar-refractivity contribution is 0.905. The molecule has 2 aromatic carbocycles. The fourth-order valence-electron chi connectivity index (χ4n) is 3.15. The van der Waals surface area contributed by atoms with Gasteiger partial charge in [0.05, 0.1) is 5.52 Å². The van der Waals surface area contributed by atoms with Gasteiger partial charge >= 0.3 is 0 Å². The number of para-hydroxylation sites is 1. The number of aryl methyl sites for hydroxylation is 1. The van der Waals surface area contributed by atoms with Crippen molar-refractivity contribution < 1.29 is 0 Å². The monoisotopic (exact) mass is 318 g/mol. The normalized spacial score (nSPS) is 14.3. The highest BCUT2D eigenvalue weighted by Crippen LogP contribution is 2.25. The summed E-state index contributed by atoms with van der Waals surface area (Å²) in [7, 11) is 0. The molecule has 0 aliphatic carbocycles. The van der Waals surface area contributed by atoms with E-state index in [1.165, 1.54) is 24.0 Å². The smallest absolute Gasteiger partial charge is 0.227 e. The second kappa shape index (κ2) is 6.48. The van der Waals surface area contributed by atoms with Gasteiger partial charge in [-0.25, -0.2) is 4.98 Å². The zero-order chi connectivity index (χ0) is 16.4. The molecule has 1 aliphatic heterocycles. The predicted molar refractivity (Wildman–Crippen MR) is 99.5 cm³/mol. The maximum Gasteiger partial charge on any atom is 0.227 e. The molecule has 0 radical (unpaired) electrons. The van der Waals surface area contributed by atoms with Gasteiger partial charge in [0.1, 0.15) is 5.82 Å². The number of hydrogen-bond donors (Lipinski definition) is 1. The quantitative estimate of drug-likeness (QED) is 0.784. The number of rotatable bonds is 4. The molecule has 0 bridgehead atoms. The molecule has 0 unspecified atom stereocenters. The topological polar surface area (TPSA) is 41.1 Å². The highest BCUT2D eigenvalue weighted by molar-refractivity contribution is 5.90. The largest absolute Gasteiger partial charge is 0.365 e. The zero-order valence-corrected chi connectivity index (χ0v) is 14.0. The van der Waals surface area contributed by atoms with Gasteiger partial charge in [0.25, 0.3) is 0 Å². The van der Waals surface area contributed by atoms with E-state index in [2.05, 4.69) is 53.5 Å². The zero-order valence-electron chi connectivity index (χ0n) is 14.0. The maximum absolute atomic E-state index is 4.82. The Kier molecular flexibility index (Phi) is 4.03. The second-order valence-corrected chi connectivity index (χ2v) is 6.42. The summed E-state index contributed by atoms with van der Waals surface area (Å²) in [6.45, 7) is 4.98. The summed E-state index contributed by atoms with van der Waals surface area (Å²) in [5.74, 6) is 1.76. The van der Waals surface area contributed by atoms with Crippen LogP contribution in [0.5, 0.6) is 0 Å².